The Morgan fingerprint density at radius 2 is 1.96 bits per heavy atom. The van der Waals surface area contributed by atoms with Crippen LogP contribution in [0.15, 0.2) is 4.79 Å². The first-order valence-electron chi connectivity index (χ1n) is 8.38. The third kappa shape index (κ3) is 4.01. The second-order valence-electron chi connectivity index (χ2n) is 7.04. The smallest absolute Gasteiger partial charge is 0.328 e. The number of aliphatic carboxylic acids is 1. The number of carboxylic acids is 1. The van der Waals surface area contributed by atoms with Crippen LogP contribution in [0.25, 0.3) is 0 Å². The molecule has 1 aliphatic heterocycles. The second-order valence-corrected chi connectivity index (χ2v) is 7.04. The van der Waals surface area contributed by atoms with Gasteiger partial charge in [0.1, 0.15) is 6.17 Å². The number of halogens is 1. The molecule has 0 aromatic carbocycles. The largest absolute Gasteiger partial charge is 0.480 e. The summed E-state index contributed by atoms with van der Waals surface area (Å²) in [5, 5.41) is 13.9. The maximum Gasteiger partial charge on any atom is 0.328 e. The fraction of sp³-hybridized carbons (Fsp3) is 0.706. The van der Waals surface area contributed by atoms with Gasteiger partial charge < -0.3 is 5.11 Å². The van der Waals surface area contributed by atoms with Crippen molar-refractivity contribution in [3.8, 4) is 0 Å². The molecule has 1 fully saturated rings. The third-order valence-corrected chi connectivity index (χ3v) is 4.61. The highest BCUT2D eigenvalue weighted by atomic mass is 19.1. The van der Waals surface area contributed by atoms with Gasteiger partial charge in [-0.2, -0.15) is 5.10 Å². The Bertz CT molecular complexity index is 666. The number of alkyl halides is 1. The summed E-state index contributed by atoms with van der Waals surface area (Å²) >= 11 is 0. The maximum atomic E-state index is 12.9. The minimum atomic E-state index is -1.05. The average molecular weight is 339 g/mol. The SMILES string of the molecule is Cc1c(CCN2CC(F)C2)nn([C@@H](CC(C)C)C(=O)O)c(=O)c1C. The first-order chi connectivity index (χ1) is 11.2. The molecule has 0 spiro atoms. The van der Waals surface area contributed by atoms with E-state index in [1.165, 1.54) is 0 Å². The summed E-state index contributed by atoms with van der Waals surface area (Å²) in [6.45, 7) is 8.89. The van der Waals surface area contributed by atoms with Gasteiger partial charge in [0.15, 0.2) is 6.04 Å². The van der Waals surface area contributed by atoms with Crippen LogP contribution in [0.1, 0.15) is 43.1 Å². The minimum absolute atomic E-state index is 0.132. The van der Waals surface area contributed by atoms with Gasteiger partial charge in [0, 0.05) is 31.6 Å². The van der Waals surface area contributed by atoms with Crippen molar-refractivity contribution in [1.29, 1.82) is 0 Å². The van der Waals surface area contributed by atoms with Crippen LogP contribution in [0.3, 0.4) is 0 Å². The number of aromatic nitrogens is 2. The number of likely N-dealkylation sites (tertiary alicyclic amines) is 1. The van der Waals surface area contributed by atoms with E-state index in [4.69, 9.17) is 0 Å². The molecule has 1 N–H and O–H groups in total. The molecule has 7 heteroatoms. The van der Waals surface area contributed by atoms with Gasteiger partial charge >= 0.3 is 5.97 Å². The minimum Gasteiger partial charge on any atom is -0.480 e. The number of nitrogens with zero attached hydrogens (tertiary/aromatic N) is 3. The fourth-order valence-corrected chi connectivity index (χ4v) is 2.95. The van der Waals surface area contributed by atoms with Gasteiger partial charge in [0.2, 0.25) is 0 Å². The molecule has 0 bridgehead atoms. The van der Waals surface area contributed by atoms with Crippen molar-refractivity contribution in [2.75, 3.05) is 19.6 Å². The molecule has 1 atom stereocenters. The molecule has 1 aliphatic rings. The van der Waals surface area contributed by atoms with Gasteiger partial charge in [-0.25, -0.2) is 13.9 Å². The van der Waals surface area contributed by atoms with E-state index in [2.05, 4.69) is 5.10 Å². The molecular weight excluding hydrogens is 313 g/mol. The van der Waals surface area contributed by atoms with Crippen LogP contribution in [0.2, 0.25) is 0 Å². The van der Waals surface area contributed by atoms with E-state index in [9.17, 15) is 19.1 Å². The summed E-state index contributed by atoms with van der Waals surface area (Å²) in [5.74, 6) is -0.914. The van der Waals surface area contributed by atoms with Crippen LogP contribution in [0.5, 0.6) is 0 Å². The van der Waals surface area contributed by atoms with E-state index >= 15 is 0 Å². The predicted molar refractivity (Wildman–Crippen MR) is 89.1 cm³/mol. The lowest BCUT2D eigenvalue weighted by molar-refractivity contribution is -0.141. The standard InChI is InChI=1S/C17H26FN3O3/c1-10(2)7-15(17(23)24)21-16(22)12(4)11(3)14(19-21)5-6-20-8-13(18)9-20/h10,13,15H,5-9H2,1-4H3,(H,23,24)/t15-/m0/s1. The lowest BCUT2D eigenvalue weighted by Crippen LogP contribution is -2.49. The van der Waals surface area contributed by atoms with Crippen molar-refractivity contribution in [1.82, 2.24) is 14.7 Å². The third-order valence-electron chi connectivity index (χ3n) is 4.61. The summed E-state index contributed by atoms with van der Waals surface area (Å²) in [6.07, 6.45) is 0.172. The zero-order chi connectivity index (χ0) is 18.0. The van der Waals surface area contributed by atoms with Crippen LogP contribution < -0.4 is 5.56 Å². The van der Waals surface area contributed by atoms with Crippen LogP contribution in [0, 0.1) is 19.8 Å². The molecule has 1 aromatic heterocycles. The lowest BCUT2D eigenvalue weighted by Gasteiger charge is -2.34. The zero-order valence-electron chi connectivity index (χ0n) is 14.8. The van der Waals surface area contributed by atoms with Crippen molar-refractivity contribution in [2.45, 2.75) is 52.8 Å². The summed E-state index contributed by atoms with van der Waals surface area (Å²) < 4.78 is 14.0. The topological polar surface area (TPSA) is 75.4 Å². The highest BCUT2D eigenvalue weighted by molar-refractivity contribution is 5.71. The first-order valence-corrected chi connectivity index (χ1v) is 8.38. The predicted octanol–water partition coefficient (Wildman–Crippen LogP) is 1.73. The molecule has 6 nitrogen and oxygen atoms in total. The number of hydrogen-bond acceptors (Lipinski definition) is 4. The van der Waals surface area contributed by atoms with Gasteiger partial charge in [-0.15, -0.1) is 0 Å². The number of carbonyl (C=O) groups is 1. The molecule has 1 aromatic rings. The van der Waals surface area contributed by atoms with Crippen molar-refractivity contribution in [2.24, 2.45) is 5.92 Å². The summed E-state index contributed by atoms with van der Waals surface area (Å²) in [4.78, 5) is 26.1. The lowest BCUT2D eigenvalue weighted by atomic mass is 10.0. The van der Waals surface area contributed by atoms with Crippen LogP contribution >= 0.6 is 0 Å². The molecule has 0 aliphatic carbocycles. The first kappa shape index (κ1) is 18.6. The molecule has 1 saturated heterocycles. The van der Waals surface area contributed by atoms with Gasteiger partial charge in [-0.1, -0.05) is 13.8 Å². The van der Waals surface area contributed by atoms with Crippen molar-refractivity contribution < 1.29 is 14.3 Å². The molecule has 2 rings (SSSR count). The molecule has 0 amide bonds. The van der Waals surface area contributed by atoms with Gasteiger partial charge in [0.25, 0.3) is 5.56 Å². The Kier molecular flexibility index (Phi) is 5.74. The Balaban J connectivity index is 2.30. The molecule has 0 saturated carbocycles. The van der Waals surface area contributed by atoms with Crippen LogP contribution in [-0.4, -0.2) is 51.6 Å². The van der Waals surface area contributed by atoms with Gasteiger partial charge in [0.05, 0.1) is 5.69 Å². The van der Waals surface area contributed by atoms with Crippen LogP contribution in [0.4, 0.5) is 4.39 Å². The van der Waals surface area contributed by atoms with E-state index in [0.29, 0.717) is 43.7 Å². The Labute approximate surface area is 141 Å². The molecule has 134 valence electrons. The van der Waals surface area contributed by atoms with E-state index < -0.39 is 18.2 Å². The number of carboxylic acid groups (broad SMARTS) is 1. The summed E-state index contributed by atoms with van der Waals surface area (Å²) in [7, 11) is 0. The number of rotatable bonds is 7. The highest BCUT2D eigenvalue weighted by Crippen LogP contribution is 2.18. The highest BCUT2D eigenvalue weighted by Gasteiger charge is 2.27. The Morgan fingerprint density at radius 3 is 2.46 bits per heavy atom. The van der Waals surface area contributed by atoms with Crippen molar-refractivity contribution in [3.63, 3.8) is 0 Å². The number of hydrogen-bond donors (Lipinski definition) is 1. The fourth-order valence-electron chi connectivity index (χ4n) is 2.95. The van der Waals surface area contributed by atoms with Gasteiger partial charge in [-0.05, 0) is 31.7 Å². The van der Waals surface area contributed by atoms with E-state index in [-0.39, 0.29) is 11.5 Å². The maximum absolute atomic E-state index is 12.9. The zero-order valence-corrected chi connectivity index (χ0v) is 14.8. The second kappa shape index (κ2) is 7.42. The average Bonchev–Trinajstić information content (AvgIpc) is 2.47. The van der Waals surface area contributed by atoms with E-state index in [0.717, 1.165) is 10.2 Å². The van der Waals surface area contributed by atoms with Crippen molar-refractivity contribution >= 4 is 5.97 Å². The quantitative estimate of drug-likeness (QED) is 0.819. The molecule has 0 unspecified atom stereocenters. The van der Waals surface area contributed by atoms with Crippen LogP contribution in [-0.2, 0) is 11.2 Å². The van der Waals surface area contributed by atoms with Crippen molar-refractivity contribution in [3.05, 3.63) is 27.2 Å². The summed E-state index contributed by atoms with van der Waals surface area (Å²) in [6, 6.07) is -0.963. The van der Waals surface area contributed by atoms with Gasteiger partial charge in [-0.3, -0.25) is 9.69 Å². The Hall–Kier alpha value is -1.76. The monoisotopic (exact) mass is 339 g/mol. The molecular formula is C17H26FN3O3. The normalized spacial score (nSPS) is 17.1. The summed E-state index contributed by atoms with van der Waals surface area (Å²) in [5.41, 5.74) is 1.69. The molecule has 2 heterocycles. The van der Waals surface area contributed by atoms with E-state index in [1.807, 2.05) is 25.7 Å². The molecule has 24 heavy (non-hydrogen) atoms. The Morgan fingerprint density at radius 1 is 1.33 bits per heavy atom. The molecule has 0 radical (unpaired) electrons. The van der Waals surface area contributed by atoms with E-state index in [1.54, 1.807) is 6.92 Å².